The highest BCUT2D eigenvalue weighted by Gasteiger charge is 2.10. The van der Waals surface area contributed by atoms with E-state index in [0.29, 0.717) is 10.6 Å². The summed E-state index contributed by atoms with van der Waals surface area (Å²) in [6.07, 6.45) is 1.58. The van der Waals surface area contributed by atoms with Crippen LogP contribution in [0.5, 0.6) is 0 Å². The number of nitrogens with zero attached hydrogens (tertiary/aromatic N) is 4. The maximum Gasteiger partial charge on any atom is 0.269 e. The minimum atomic E-state index is -0.441. The summed E-state index contributed by atoms with van der Waals surface area (Å²) < 4.78 is 1.89. The molecule has 0 bridgehead atoms. The van der Waals surface area contributed by atoms with E-state index in [1.807, 2.05) is 31.2 Å². The van der Waals surface area contributed by atoms with Crippen molar-refractivity contribution in [3.05, 3.63) is 74.5 Å². The van der Waals surface area contributed by atoms with Gasteiger partial charge in [0.1, 0.15) is 0 Å². The number of hydrogen-bond acceptors (Lipinski definition) is 5. The first-order chi connectivity index (χ1) is 11.6. The Labute approximate surface area is 142 Å². The zero-order valence-electron chi connectivity index (χ0n) is 12.7. The van der Waals surface area contributed by atoms with E-state index in [9.17, 15) is 10.1 Å². The van der Waals surface area contributed by atoms with Crippen molar-refractivity contribution in [2.75, 3.05) is 0 Å². The summed E-state index contributed by atoms with van der Waals surface area (Å²) in [6, 6.07) is 13.9. The van der Waals surface area contributed by atoms with Gasteiger partial charge in [-0.2, -0.15) is 14.9 Å². The number of rotatable bonds is 4. The van der Waals surface area contributed by atoms with E-state index < -0.39 is 4.92 Å². The Morgan fingerprint density at radius 1 is 1.25 bits per heavy atom. The van der Waals surface area contributed by atoms with Gasteiger partial charge >= 0.3 is 0 Å². The number of aromatic amines is 1. The third-order valence-corrected chi connectivity index (χ3v) is 3.73. The van der Waals surface area contributed by atoms with E-state index in [-0.39, 0.29) is 5.69 Å². The summed E-state index contributed by atoms with van der Waals surface area (Å²) in [5, 5.41) is 22.0. The first-order valence-corrected chi connectivity index (χ1v) is 7.49. The third kappa shape index (κ3) is 3.13. The van der Waals surface area contributed by atoms with Crippen LogP contribution in [0.3, 0.4) is 0 Å². The molecule has 120 valence electrons. The van der Waals surface area contributed by atoms with Crippen molar-refractivity contribution in [2.24, 2.45) is 5.10 Å². The molecule has 0 atom stereocenters. The second-order valence-electron chi connectivity index (χ2n) is 5.07. The predicted molar refractivity (Wildman–Crippen MR) is 93.7 cm³/mol. The number of nitrogens with one attached hydrogen (secondary N) is 1. The highest BCUT2D eigenvalue weighted by atomic mass is 32.1. The van der Waals surface area contributed by atoms with Gasteiger partial charge < -0.3 is 0 Å². The van der Waals surface area contributed by atoms with Crippen LogP contribution in [-0.2, 0) is 0 Å². The van der Waals surface area contributed by atoms with Crippen LogP contribution in [0.25, 0.3) is 11.4 Å². The molecule has 1 aromatic heterocycles. The van der Waals surface area contributed by atoms with E-state index in [1.54, 1.807) is 18.3 Å². The Hall–Kier alpha value is -3.13. The minimum Gasteiger partial charge on any atom is -0.258 e. The summed E-state index contributed by atoms with van der Waals surface area (Å²) in [4.78, 5) is 10.2. The minimum absolute atomic E-state index is 0.0349. The van der Waals surface area contributed by atoms with E-state index in [0.717, 1.165) is 16.7 Å². The van der Waals surface area contributed by atoms with Crippen LogP contribution >= 0.6 is 12.2 Å². The maximum absolute atomic E-state index is 10.7. The second kappa shape index (κ2) is 6.55. The Balaban J connectivity index is 1.96. The fraction of sp³-hybridized carbons (Fsp3) is 0.0625. The fourth-order valence-electron chi connectivity index (χ4n) is 2.20. The van der Waals surface area contributed by atoms with Gasteiger partial charge in [0.15, 0.2) is 5.82 Å². The SMILES string of the molecule is Cc1ccccc1-c1n[nH]c(=S)n1N=Cc1ccc([N+](=O)[O-])cc1. The van der Waals surface area contributed by atoms with Crippen LogP contribution in [0, 0.1) is 21.8 Å². The van der Waals surface area contributed by atoms with Crippen molar-refractivity contribution in [3.63, 3.8) is 0 Å². The molecule has 0 saturated heterocycles. The van der Waals surface area contributed by atoms with E-state index in [2.05, 4.69) is 15.3 Å². The molecule has 0 aliphatic heterocycles. The van der Waals surface area contributed by atoms with Gasteiger partial charge in [-0.05, 0) is 42.4 Å². The Kier molecular flexibility index (Phi) is 4.30. The molecular weight excluding hydrogens is 326 g/mol. The molecule has 7 nitrogen and oxygen atoms in total. The topological polar surface area (TPSA) is 89.1 Å². The molecule has 0 amide bonds. The van der Waals surface area contributed by atoms with Gasteiger partial charge in [0.25, 0.3) is 5.69 Å². The van der Waals surface area contributed by atoms with Crippen LogP contribution in [0.4, 0.5) is 5.69 Å². The molecule has 3 rings (SSSR count). The van der Waals surface area contributed by atoms with Crippen LogP contribution in [-0.4, -0.2) is 26.0 Å². The van der Waals surface area contributed by atoms with Gasteiger partial charge in [-0.25, -0.2) is 5.10 Å². The third-order valence-electron chi connectivity index (χ3n) is 3.46. The van der Waals surface area contributed by atoms with Crippen molar-refractivity contribution in [1.29, 1.82) is 0 Å². The summed E-state index contributed by atoms with van der Waals surface area (Å²) in [5.74, 6) is 0.608. The van der Waals surface area contributed by atoms with Crippen molar-refractivity contribution in [3.8, 4) is 11.4 Å². The highest BCUT2D eigenvalue weighted by Crippen LogP contribution is 2.21. The molecule has 0 radical (unpaired) electrons. The normalized spacial score (nSPS) is 11.0. The maximum atomic E-state index is 10.7. The number of aryl methyl sites for hydroxylation is 1. The molecular formula is C16H13N5O2S. The van der Waals surface area contributed by atoms with Gasteiger partial charge in [0, 0.05) is 17.7 Å². The number of benzene rings is 2. The molecule has 0 aliphatic rings. The molecule has 8 heteroatoms. The lowest BCUT2D eigenvalue weighted by molar-refractivity contribution is -0.384. The average molecular weight is 339 g/mol. The summed E-state index contributed by atoms with van der Waals surface area (Å²) in [5.41, 5.74) is 2.73. The average Bonchev–Trinajstić information content (AvgIpc) is 2.94. The summed E-state index contributed by atoms with van der Waals surface area (Å²) >= 11 is 5.23. The van der Waals surface area contributed by atoms with Crippen LogP contribution < -0.4 is 0 Å². The Bertz CT molecular complexity index is 973. The molecule has 2 aromatic carbocycles. The van der Waals surface area contributed by atoms with Gasteiger partial charge in [0.05, 0.1) is 11.1 Å². The number of nitro benzene ring substituents is 1. The highest BCUT2D eigenvalue weighted by molar-refractivity contribution is 7.71. The Morgan fingerprint density at radius 3 is 2.62 bits per heavy atom. The smallest absolute Gasteiger partial charge is 0.258 e. The largest absolute Gasteiger partial charge is 0.269 e. The lowest BCUT2D eigenvalue weighted by Crippen LogP contribution is -1.96. The quantitative estimate of drug-likeness (QED) is 0.340. The van der Waals surface area contributed by atoms with Gasteiger partial charge in [-0.15, -0.1) is 0 Å². The molecule has 0 aliphatic carbocycles. The molecule has 1 N–H and O–H groups in total. The van der Waals surface area contributed by atoms with Crippen LogP contribution in [0.1, 0.15) is 11.1 Å². The predicted octanol–water partition coefficient (Wildman–Crippen LogP) is 3.71. The second-order valence-corrected chi connectivity index (χ2v) is 5.46. The number of hydrogen-bond donors (Lipinski definition) is 1. The lowest BCUT2D eigenvalue weighted by atomic mass is 10.1. The number of H-pyrrole nitrogens is 1. The van der Waals surface area contributed by atoms with E-state index in [1.165, 1.54) is 16.8 Å². The molecule has 0 saturated carbocycles. The standard InChI is InChI=1S/C16H13N5O2S/c1-11-4-2-3-5-14(11)15-18-19-16(24)20(15)17-10-12-6-8-13(9-7-12)21(22)23/h2-10H,1H3,(H,19,24). The molecule has 0 unspecified atom stereocenters. The fourth-order valence-corrected chi connectivity index (χ4v) is 2.38. The zero-order valence-corrected chi connectivity index (χ0v) is 13.5. The van der Waals surface area contributed by atoms with Crippen molar-refractivity contribution in [2.45, 2.75) is 6.92 Å². The molecule has 24 heavy (non-hydrogen) atoms. The first kappa shape index (κ1) is 15.8. The number of non-ortho nitro benzene ring substituents is 1. The summed E-state index contributed by atoms with van der Waals surface area (Å²) in [6.45, 7) is 1.98. The molecule has 0 fully saturated rings. The van der Waals surface area contributed by atoms with Crippen molar-refractivity contribution in [1.82, 2.24) is 14.9 Å². The first-order valence-electron chi connectivity index (χ1n) is 7.08. The van der Waals surface area contributed by atoms with Crippen molar-refractivity contribution >= 4 is 24.1 Å². The van der Waals surface area contributed by atoms with Gasteiger partial charge in [0.2, 0.25) is 4.77 Å². The molecule has 1 heterocycles. The monoisotopic (exact) mass is 339 g/mol. The lowest BCUT2D eigenvalue weighted by Gasteiger charge is -2.04. The zero-order chi connectivity index (χ0) is 17.1. The van der Waals surface area contributed by atoms with Crippen molar-refractivity contribution < 1.29 is 4.92 Å². The molecule has 3 aromatic rings. The van der Waals surface area contributed by atoms with Gasteiger partial charge in [-0.1, -0.05) is 24.3 Å². The number of nitro groups is 1. The van der Waals surface area contributed by atoms with Crippen LogP contribution in [0.2, 0.25) is 0 Å². The summed E-state index contributed by atoms with van der Waals surface area (Å²) in [7, 11) is 0. The number of aromatic nitrogens is 3. The molecule has 0 spiro atoms. The van der Waals surface area contributed by atoms with E-state index in [4.69, 9.17) is 12.2 Å². The van der Waals surface area contributed by atoms with Crippen LogP contribution in [0.15, 0.2) is 53.6 Å². The van der Waals surface area contributed by atoms with E-state index >= 15 is 0 Å². The van der Waals surface area contributed by atoms with Gasteiger partial charge in [-0.3, -0.25) is 10.1 Å². The Morgan fingerprint density at radius 2 is 1.96 bits per heavy atom.